The van der Waals surface area contributed by atoms with Gasteiger partial charge in [-0.2, -0.15) is 0 Å². The van der Waals surface area contributed by atoms with E-state index in [1.165, 1.54) is 12.1 Å². The zero-order valence-corrected chi connectivity index (χ0v) is 15.3. The average Bonchev–Trinajstić information content (AvgIpc) is 2.42. The van der Waals surface area contributed by atoms with Crippen LogP contribution in [0.15, 0.2) is 29.2 Å². The van der Waals surface area contributed by atoms with Crippen molar-refractivity contribution in [3.63, 3.8) is 0 Å². The van der Waals surface area contributed by atoms with Crippen molar-refractivity contribution in [3.05, 3.63) is 29.8 Å². The lowest BCUT2D eigenvalue weighted by atomic mass is 9.98. The number of nitrogens with two attached hydrogens (primary N) is 1. The Bertz CT molecular complexity index is 628. The van der Waals surface area contributed by atoms with Crippen LogP contribution in [-0.2, 0) is 25.9 Å². The molecule has 0 radical (unpaired) electrons. The summed E-state index contributed by atoms with van der Waals surface area (Å²) < 4.78 is 30.5. The molecule has 1 aromatic rings. The molecule has 0 aromatic heterocycles. The largest absolute Gasteiger partial charge is 0.460 e. The number of esters is 1. The quantitative estimate of drug-likeness (QED) is 0.804. The number of sulfone groups is 1. The summed E-state index contributed by atoms with van der Waals surface area (Å²) in [6.07, 6.45) is 0. The molecular weight excluding hydrogens is 314 g/mol. The van der Waals surface area contributed by atoms with Gasteiger partial charge >= 0.3 is 5.97 Å². The van der Waals surface area contributed by atoms with Gasteiger partial charge in [-0.25, -0.2) is 8.42 Å². The van der Waals surface area contributed by atoms with Gasteiger partial charge in [0, 0.05) is 6.54 Å². The summed E-state index contributed by atoms with van der Waals surface area (Å²) >= 11 is 0. The predicted octanol–water partition coefficient (Wildman–Crippen LogP) is 2.53. The molecule has 0 spiro atoms. The molecule has 0 aliphatic rings. The van der Waals surface area contributed by atoms with Crippen molar-refractivity contribution >= 4 is 15.8 Å². The zero-order valence-electron chi connectivity index (χ0n) is 14.5. The molecule has 1 aromatic carbocycles. The van der Waals surface area contributed by atoms with Crippen LogP contribution >= 0.6 is 0 Å². The number of carbonyl (C=O) groups is 1. The summed E-state index contributed by atoms with van der Waals surface area (Å²) in [6.45, 7) is 9.29. The average molecular weight is 341 g/mol. The van der Waals surface area contributed by atoms with E-state index in [9.17, 15) is 13.2 Å². The molecule has 0 saturated heterocycles. The molecule has 5 nitrogen and oxygen atoms in total. The normalized spacial score (nSPS) is 13.9. The predicted molar refractivity (Wildman–Crippen MR) is 90.6 cm³/mol. The van der Waals surface area contributed by atoms with Crippen molar-refractivity contribution in [2.75, 3.05) is 5.75 Å². The van der Waals surface area contributed by atoms with Crippen LogP contribution in [0.1, 0.15) is 40.2 Å². The monoisotopic (exact) mass is 341 g/mol. The van der Waals surface area contributed by atoms with Gasteiger partial charge in [0.1, 0.15) is 5.60 Å². The highest BCUT2D eigenvalue weighted by atomic mass is 32.2. The summed E-state index contributed by atoms with van der Waals surface area (Å²) in [5, 5.41) is 0. The fourth-order valence-corrected chi connectivity index (χ4v) is 3.81. The topological polar surface area (TPSA) is 86.5 Å². The standard InChI is InChI=1S/C17H27NO4S/c1-12(2)15(16(19)22-17(3,4)5)11-23(20,21)14-8-6-13(10-18)7-9-14/h6-9,12,15H,10-11,18H2,1-5H3/t15-/m0/s1. The van der Waals surface area contributed by atoms with Gasteiger partial charge in [0.15, 0.2) is 9.84 Å². The molecule has 0 aliphatic carbocycles. The van der Waals surface area contributed by atoms with Gasteiger partial charge in [-0.05, 0) is 44.4 Å². The van der Waals surface area contributed by atoms with Crippen LogP contribution in [0.5, 0.6) is 0 Å². The van der Waals surface area contributed by atoms with Crippen molar-refractivity contribution in [1.82, 2.24) is 0 Å². The van der Waals surface area contributed by atoms with Crippen molar-refractivity contribution < 1.29 is 17.9 Å². The first kappa shape index (κ1) is 19.6. The van der Waals surface area contributed by atoms with Crippen LogP contribution in [0.25, 0.3) is 0 Å². The first-order chi connectivity index (χ1) is 10.5. The summed E-state index contributed by atoms with van der Waals surface area (Å²) in [5.74, 6) is -1.58. The molecule has 0 unspecified atom stereocenters. The fourth-order valence-electron chi connectivity index (χ4n) is 2.08. The van der Waals surface area contributed by atoms with Gasteiger partial charge < -0.3 is 10.5 Å². The van der Waals surface area contributed by atoms with E-state index >= 15 is 0 Å². The van der Waals surface area contributed by atoms with Crippen LogP contribution in [0.4, 0.5) is 0 Å². The minimum atomic E-state index is -3.57. The number of ether oxygens (including phenoxy) is 1. The Hall–Kier alpha value is -1.40. The van der Waals surface area contributed by atoms with Crippen molar-refractivity contribution in [1.29, 1.82) is 0 Å². The van der Waals surface area contributed by atoms with Gasteiger partial charge in [-0.1, -0.05) is 26.0 Å². The Kier molecular flexibility index (Phi) is 6.36. The van der Waals surface area contributed by atoms with Crippen molar-refractivity contribution in [2.24, 2.45) is 17.6 Å². The Morgan fingerprint density at radius 2 is 1.70 bits per heavy atom. The molecule has 0 heterocycles. The van der Waals surface area contributed by atoms with E-state index in [1.807, 2.05) is 13.8 Å². The second kappa shape index (κ2) is 7.45. The number of carbonyl (C=O) groups excluding carboxylic acids is 1. The highest BCUT2D eigenvalue weighted by molar-refractivity contribution is 7.91. The summed E-state index contributed by atoms with van der Waals surface area (Å²) in [5.41, 5.74) is 5.73. The van der Waals surface area contributed by atoms with Gasteiger partial charge in [-0.3, -0.25) is 4.79 Å². The molecule has 1 atom stereocenters. The molecule has 2 N–H and O–H groups in total. The van der Waals surface area contributed by atoms with Crippen LogP contribution in [0.2, 0.25) is 0 Å². The van der Waals surface area contributed by atoms with Crippen LogP contribution in [0.3, 0.4) is 0 Å². The van der Waals surface area contributed by atoms with Gasteiger partial charge in [0.25, 0.3) is 0 Å². The highest BCUT2D eigenvalue weighted by Crippen LogP contribution is 2.23. The third-order valence-corrected chi connectivity index (χ3v) is 5.22. The minimum Gasteiger partial charge on any atom is -0.460 e. The number of hydrogen-bond donors (Lipinski definition) is 1. The van der Waals surface area contributed by atoms with E-state index in [1.54, 1.807) is 32.9 Å². The molecule has 0 amide bonds. The van der Waals surface area contributed by atoms with E-state index in [-0.39, 0.29) is 16.6 Å². The minimum absolute atomic E-state index is 0.136. The molecular formula is C17H27NO4S. The van der Waals surface area contributed by atoms with E-state index in [0.717, 1.165) is 5.56 Å². The molecule has 0 saturated carbocycles. The summed E-state index contributed by atoms with van der Waals surface area (Å²) in [7, 11) is -3.57. The molecule has 23 heavy (non-hydrogen) atoms. The number of benzene rings is 1. The van der Waals surface area contributed by atoms with Crippen LogP contribution < -0.4 is 5.73 Å². The fraction of sp³-hybridized carbons (Fsp3) is 0.588. The third kappa shape index (κ3) is 5.95. The van der Waals surface area contributed by atoms with Gasteiger partial charge in [-0.15, -0.1) is 0 Å². The number of hydrogen-bond acceptors (Lipinski definition) is 5. The maximum atomic E-state index is 12.6. The highest BCUT2D eigenvalue weighted by Gasteiger charge is 2.32. The van der Waals surface area contributed by atoms with Crippen LogP contribution in [0, 0.1) is 11.8 Å². The lowest BCUT2D eigenvalue weighted by molar-refractivity contribution is -0.160. The Balaban J connectivity index is 3.00. The molecule has 0 aliphatic heterocycles. The van der Waals surface area contributed by atoms with Crippen molar-refractivity contribution in [2.45, 2.75) is 51.7 Å². The SMILES string of the molecule is CC(C)[C@H](CS(=O)(=O)c1ccc(CN)cc1)C(=O)OC(C)(C)C. The lowest BCUT2D eigenvalue weighted by Crippen LogP contribution is -2.35. The third-order valence-electron chi connectivity index (χ3n) is 3.43. The molecule has 130 valence electrons. The number of rotatable bonds is 6. The van der Waals surface area contributed by atoms with E-state index in [2.05, 4.69) is 0 Å². The van der Waals surface area contributed by atoms with E-state index < -0.39 is 27.3 Å². The van der Waals surface area contributed by atoms with E-state index in [0.29, 0.717) is 6.54 Å². The molecule has 6 heteroatoms. The maximum absolute atomic E-state index is 12.6. The van der Waals surface area contributed by atoms with Crippen LogP contribution in [-0.4, -0.2) is 25.7 Å². The Morgan fingerprint density at radius 1 is 1.17 bits per heavy atom. The summed E-state index contributed by atoms with van der Waals surface area (Å²) in [6, 6.07) is 6.43. The van der Waals surface area contributed by atoms with Crippen molar-refractivity contribution in [3.8, 4) is 0 Å². The second-order valence-corrected chi connectivity index (χ2v) is 9.05. The first-order valence-corrected chi connectivity index (χ1v) is 9.36. The maximum Gasteiger partial charge on any atom is 0.310 e. The summed E-state index contributed by atoms with van der Waals surface area (Å²) in [4.78, 5) is 12.5. The van der Waals surface area contributed by atoms with E-state index in [4.69, 9.17) is 10.5 Å². The molecule has 0 fully saturated rings. The van der Waals surface area contributed by atoms with Gasteiger partial charge in [0.05, 0.1) is 16.6 Å². The zero-order chi connectivity index (χ0) is 17.8. The Morgan fingerprint density at radius 3 is 2.09 bits per heavy atom. The second-order valence-electron chi connectivity index (χ2n) is 7.01. The molecule has 1 rings (SSSR count). The smallest absolute Gasteiger partial charge is 0.310 e. The Labute approximate surface area is 139 Å². The first-order valence-electron chi connectivity index (χ1n) is 7.71. The lowest BCUT2D eigenvalue weighted by Gasteiger charge is -2.25. The molecule has 0 bridgehead atoms. The van der Waals surface area contributed by atoms with Gasteiger partial charge in [0.2, 0.25) is 0 Å².